The number of carboxylic acid groups (broad SMARTS) is 1. The highest BCUT2D eigenvalue weighted by Crippen LogP contribution is 2.30. The van der Waals surface area contributed by atoms with Gasteiger partial charge in [-0.3, -0.25) is 10.1 Å². The lowest BCUT2D eigenvalue weighted by Crippen LogP contribution is -1.99. The molecule has 7 heteroatoms. The topological polar surface area (TPSA) is 92.5 Å². The number of nitrogens with one attached hydrogen (secondary N) is 1. The molecule has 0 saturated carbocycles. The van der Waals surface area contributed by atoms with Gasteiger partial charge in [0.2, 0.25) is 0 Å². The third-order valence-electron chi connectivity index (χ3n) is 2.57. The van der Waals surface area contributed by atoms with E-state index in [4.69, 9.17) is 5.11 Å². The minimum atomic E-state index is -1.02. The van der Waals surface area contributed by atoms with E-state index < -0.39 is 10.9 Å². The lowest BCUT2D eigenvalue weighted by atomic mass is 10.2. The number of carbonyl (C=O) groups is 1. The van der Waals surface area contributed by atoms with Gasteiger partial charge in [0.1, 0.15) is 5.69 Å². The van der Waals surface area contributed by atoms with E-state index in [-0.39, 0.29) is 11.3 Å². The predicted octanol–water partition coefficient (Wildman–Crippen LogP) is 3.80. The fourth-order valence-corrected chi connectivity index (χ4v) is 1.96. The molecule has 0 aliphatic carbocycles. The summed E-state index contributed by atoms with van der Waals surface area (Å²) in [6.07, 6.45) is 0. The number of nitro benzene ring substituents is 1. The molecule has 0 heterocycles. The van der Waals surface area contributed by atoms with Crippen molar-refractivity contribution in [1.29, 1.82) is 0 Å². The maximum Gasteiger partial charge on any atom is 0.335 e. The summed E-state index contributed by atoms with van der Waals surface area (Å²) in [5.41, 5.74) is 0.990. The second-order valence-corrected chi connectivity index (χ2v) is 4.84. The highest BCUT2D eigenvalue weighted by molar-refractivity contribution is 9.10. The van der Waals surface area contributed by atoms with E-state index in [0.29, 0.717) is 15.8 Å². The average molecular weight is 337 g/mol. The molecule has 0 amide bonds. The molecule has 0 saturated heterocycles. The molecule has 0 atom stereocenters. The first-order valence-corrected chi connectivity index (χ1v) is 6.31. The number of carboxylic acids is 1. The van der Waals surface area contributed by atoms with Gasteiger partial charge < -0.3 is 10.4 Å². The van der Waals surface area contributed by atoms with Crippen molar-refractivity contribution in [2.24, 2.45) is 0 Å². The molecular formula is C13H9BrN2O4. The van der Waals surface area contributed by atoms with E-state index in [1.807, 2.05) is 0 Å². The van der Waals surface area contributed by atoms with Crippen LogP contribution in [0.3, 0.4) is 0 Å². The first-order valence-electron chi connectivity index (χ1n) is 5.51. The highest BCUT2D eigenvalue weighted by atomic mass is 79.9. The summed E-state index contributed by atoms with van der Waals surface area (Å²) in [7, 11) is 0. The van der Waals surface area contributed by atoms with Crippen LogP contribution in [0.25, 0.3) is 0 Å². The van der Waals surface area contributed by atoms with Crippen molar-refractivity contribution in [2.75, 3.05) is 5.32 Å². The van der Waals surface area contributed by atoms with Crippen LogP contribution in [-0.4, -0.2) is 16.0 Å². The van der Waals surface area contributed by atoms with Gasteiger partial charge in [-0.25, -0.2) is 4.79 Å². The standard InChI is InChI=1S/C13H9BrN2O4/c14-9-3-6-11(12(7-9)16(19)20)15-10-4-1-8(2-5-10)13(17)18/h1-7,15H,(H,17,18). The van der Waals surface area contributed by atoms with Crippen molar-refractivity contribution < 1.29 is 14.8 Å². The first-order chi connectivity index (χ1) is 9.47. The zero-order chi connectivity index (χ0) is 14.7. The monoisotopic (exact) mass is 336 g/mol. The molecule has 0 radical (unpaired) electrons. The van der Waals surface area contributed by atoms with Crippen molar-refractivity contribution in [3.8, 4) is 0 Å². The van der Waals surface area contributed by atoms with Gasteiger partial charge in [0.15, 0.2) is 0 Å². The molecule has 0 bridgehead atoms. The Labute approximate surface area is 122 Å². The number of benzene rings is 2. The van der Waals surface area contributed by atoms with Gasteiger partial charge in [0.05, 0.1) is 10.5 Å². The normalized spacial score (nSPS) is 10.1. The van der Waals surface area contributed by atoms with Crippen molar-refractivity contribution in [1.82, 2.24) is 0 Å². The smallest absolute Gasteiger partial charge is 0.335 e. The summed E-state index contributed by atoms with van der Waals surface area (Å²) in [6, 6.07) is 10.6. The Morgan fingerprint density at radius 3 is 2.40 bits per heavy atom. The minimum absolute atomic E-state index is 0.0679. The summed E-state index contributed by atoms with van der Waals surface area (Å²) < 4.78 is 0.607. The van der Waals surface area contributed by atoms with Crippen LogP contribution in [0.15, 0.2) is 46.9 Å². The SMILES string of the molecule is O=C(O)c1ccc(Nc2ccc(Br)cc2[N+](=O)[O-])cc1. The van der Waals surface area contributed by atoms with Gasteiger partial charge in [-0.2, -0.15) is 0 Å². The van der Waals surface area contributed by atoms with E-state index in [1.54, 1.807) is 24.3 Å². The van der Waals surface area contributed by atoms with Gasteiger partial charge in [0, 0.05) is 16.2 Å². The Morgan fingerprint density at radius 2 is 1.85 bits per heavy atom. The number of anilines is 2. The van der Waals surface area contributed by atoms with Crippen LogP contribution >= 0.6 is 15.9 Å². The van der Waals surface area contributed by atoms with Crippen LogP contribution in [0, 0.1) is 10.1 Å². The Kier molecular flexibility index (Phi) is 3.99. The molecule has 2 N–H and O–H groups in total. The van der Waals surface area contributed by atoms with Crippen LogP contribution in [0.1, 0.15) is 10.4 Å². The quantitative estimate of drug-likeness (QED) is 0.654. The Bertz CT molecular complexity index is 671. The van der Waals surface area contributed by atoms with Crippen LogP contribution < -0.4 is 5.32 Å². The number of hydrogen-bond donors (Lipinski definition) is 2. The third-order valence-corrected chi connectivity index (χ3v) is 3.06. The van der Waals surface area contributed by atoms with Crippen LogP contribution in [0.5, 0.6) is 0 Å². The minimum Gasteiger partial charge on any atom is -0.478 e. The molecule has 0 aliphatic heterocycles. The summed E-state index contributed by atoms with van der Waals surface area (Å²) in [6.45, 7) is 0. The lowest BCUT2D eigenvalue weighted by molar-refractivity contribution is -0.384. The molecule has 2 aromatic carbocycles. The molecule has 0 unspecified atom stereocenters. The van der Waals surface area contributed by atoms with Gasteiger partial charge in [-0.1, -0.05) is 15.9 Å². The van der Waals surface area contributed by atoms with Crippen molar-refractivity contribution in [3.05, 3.63) is 62.6 Å². The molecular weight excluding hydrogens is 328 g/mol. The molecule has 2 rings (SSSR count). The Hall–Kier alpha value is -2.41. The third kappa shape index (κ3) is 3.12. The molecule has 0 aliphatic rings. The van der Waals surface area contributed by atoms with Crippen LogP contribution in [0.2, 0.25) is 0 Å². The fraction of sp³-hybridized carbons (Fsp3) is 0. The fourth-order valence-electron chi connectivity index (χ4n) is 1.61. The molecule has 6 nitrogen and oxygen atoms in total. The molecule has 0 spiro atoms. The molecule has 20 heavy (non-hydrogen) atoms. The molecule has 2 aromatic rings. The average Bonchev–Trinajstić information content (AvgIpc) is 2.41. The van der Waals surface area contributed by atoms with E-state index in [9.17, 15) is 14.9 Å². The number of rotatable bonds is 4. The summed E-state index contributed by atoms with van der Waals surface area (Å²) in [5, 5.41) is 22.7. The number of halogens is 1. The predicted molar refractivity (Wildman–Crippen MR) is 77.5 cm³/mol. The molecule has 0 aromatic heterocycles. The van der Waals surface area contributed by atoms with Crippen molar-refractivity contribution in [2.45, 2.75) is 0 Å². The second-order valence-electron chi connectivity index (χ2n) is 3.93. The van der Waals surface area contributed by atoms with E-state index in [1.165, 1.54) is 18.2 Å². The largest absolute Gasteiger partial charge is 0.478 e. The van der Waals surface area contributed by atoms with E-state index in [2.05, 4.69) is 21.2 Å². The van der Waals surface area contributed by atoms with Gasteiger partial charge in [-0.05, 0) is 36.4 Å². The zero-order valence-corrected chi connectivity index (χ0v) is 11.6. The molecule has 0 fully saturated rings. The number of nitro groups is 1. The van der Waals surface area contributed by atoms with Gasteiger partial charge in [0.25, 0.3) is 5.69 Å². The van der Waals surface area contributed by atoms with E-state index in [0.717, 1.165) is 0 Å². The summed E-state index contributed by atoms with van der Waals surface area (Å²) in [5.74, 6) is -1.02. The van der Waals surface area contributed by atoms with Gasteiger partial charge >= 0.3 is 5.97 Å². The second kappa shape index (κ2) is 5.70. The van der Waals surface area contributed by atoms with Crippen LogP contribution in [0.4, 0.5) is 17.1 Å². The number of hydrogen-bond acceptors (Lipinski definition) is 4. The molecule has 102 valence electrons. The van der Waals surface area contributed by atoms with Gasteiger partial charge in [-0.15, -0.1) is 0 Å². The van der Waals surface area contributed by atoms with E-state index >= 15 is 0 Å². The number of aromatic carboxylic acids is 1. The highest BCUT2D eigenvalue weighted by Gasteiger charge is 2.14. The maximum absolute atomic E-state index is 11.0. The lowest BCUT2D eigenvalue weighted by Gasteiger charge is -2.07. The van der Waals surface area contributed by atoms with Crippen molar-refractivity contribution in [3.63, 3.8) is 0 Å². The summed E-state index contributed by atoms with van der Waals surface area (Å²) >= 11 is 3.18. The maximum atomic E-state index is 11.0. The summed E-state index contributed by atoms with van der Waals surface area (Å²) in [4.78, 5) is 21.2. The number of nitrogens with zero attached hydrogens (tertiary/aromatic N) is 1. The zero-order valence-electron chi connectivity index (χ0n) is 10.0. The Balaban J connectivity index is 2.30. The first kappa shape index (κ1) is 14.0. The van der Waals surface area contributed by atoms with Crippen LogP contribution in [-0.2, 0) is 0 Å². The Morgan fingerprint density at radius 1 is 1.20 bits per heavy atom. The van der Waals surface area contributed by atoms with Crippen molar-refractivity contribution >= 4 is 39.0 Å².